The maximum absolute atomic E-state index is 9.80. The van der Waals surface area contributed by atoms with Gasteiger partial charge >= 0.3 is 0 Å². The Balaban J connectivity index is 1.45. The van der Waals surface area contributed by atoms with Crippen molar-refractivity contribution in [3.8, 4) is 56.6 Å². The van der Waals surface area contributed by atoms with Crippen LogP contribution in [0.5, 0.6) is 0 Å². The fourth-order valence-electron chi connectivity index (χ4n) is 8.64. The van der Waals surface area contributed by atoms with E-state index >= 15 is 0 Å². The zero-order chi connectivity index (χ0) is 32.7. The van der Waals surface area contributed by atoms with Crippen LogP contribution in [0.4, 0.5) is 0 Å². The minimum Gasteiger partial charge on any atom is -0.246 e. The maximum atomic E-state index is 9.80. The summed E-state index contributed by atoms with van der Waals surface area (Å²) in [6.07, 6.45) is 3.45. The van der Waals surface area contributed by atoms with E-state index in [1.54, 1.807) is 12.4 Å². The lowest BCUT2D eigenvalue weighted by atomic mass is 9.69. The number of nitrogens with zero attached hydrogens (tertiary/aromatic N) is 4. The average molecular weight is 621 g/mol. The van der Waals surface area contributed by atoms with Crippen LogP contribution in [0.25, 0.3) is 66.1 Å². The normalized spacial score (nSPS) is 13.0. The number of pyridine rings is 2. The monoisotopic (exact) mass is 620 g/mol. The van der Waals surface area contributed by atoms with Crippen molar-refractivity contribution in [2.45, 2.75) is 5.41 Å². The highest BCUT2D eigenvalue weighted by molar-refractivity contribution is 6.18. The molecule has 0 unspecified atom stereocenters. The lowest BCUT2D eigenvalue weighted by Gasteiger charge is -2.31. The largest absolute Gasteiger partial charge is 0.246 e. The molecule has 1 spiro atoms. The first-order chi connectivity index (χ1) is 24.2. The van der Waals surface area contributed by atoms with Crippen molar-refractivity contribution in [3.63, 3.8) is 0 Å². The number of nitriles is 2. The summed E-state index contributed by atoms with van der Waals surface area (Å²) in [4.78, 5) is 8.60. The quantitative estimate of drug-likeness (QED) is 0.193. The Hall–Kier alpha value is -6.88. The van der Waals surface area contributed by atoms with Crippen LogP contribution < -0.4 is 0 Å². The van der Waals surface area contributed by atoms with Crippen molar-refractivity contribution < 1.29 is 0 Å². The molecule has 0 aliphatic heterocycles. The molecule has 4 heteroatoms. The molecule has 0 amide bonds. The summed E-state index contributed by atoms with van der Waals surface area (Å²) in [5.41, 5.74) is 14.1. The second kappa shape index (κ2) is 10.1. The third kappa shape index (κ3) is 3.55. The predicted molar refractivity (Wildman–Crippen MR) is 194 cm³/mol. The molecule has 0 fully saturated rings. The van der Waals surface area contributed by atoms with Gasteiger partial charge in [-0.15, -0.1) is 0 Å². The van der Waals surface area contributed by atoms with Gasteiger partial charge in [0.05, 0.1) is 5.41 Å². The molecule has 2 aromatic heterocycles. The number of fused-ring (bicyclic) bond motifs is 14. The molecule has 0 saturated carbocycles. The Morgan fingerprint density at radius 2 is 0.816 bits per heavy atom. The molecule has 0 N–H and O–H groups in total. The van der Waals surface area contributed by atoms with Crippen molar-refractivity contribution >= 4 is 21.5 Å². The molecule has 49 heavy (non-hydrogen) atoms. The molecule has 8 aromatic rings. The molecule has 2 heterocycles. The first-order valence-corrected chi connectivity index (χ1v) is 16.3. The van der Waals surface area contributed by atoms with E-state index in [1.807, 2.05) is 24.3 Å². The molecule has 0 atom stereocenters. The summed E-state index contributed by atoms with van der Waals surface area (Å²) in [6.45, 7) is 0. The van der Waals surface area contributed by atoms with Gasteiger partial charge in [-0.3, -0.25) is 0 Å². The van der Waals surface area contributed by atoms with Crippen molar-refractivity contribution in [2.75, 3.05) is 0 Å². The molecular formula is C45H24N4. The number of benzene rings is 6. The third-order valence-corrected chi connectivity index (χ3v) is 10.5. The summed E-state index contributed by atoms with van der Waals surface area (Å²) in [7, 11) is 0. The summed E-state index contributed by atoms with van der Waals surface area (Å²) in [6, 6.07) is 51.9. The Bertz CT molecular complexity index is 2620. The fraction of sp³-hybridized carbons (Fsp3) is 0.0222. The van der Waals surface area contributed by atoms with E-state index in [0.717, 1.165) is 33.0 Å². The van der Waals surface area contributed by atoms with E-state index in [0.29, 0.717) is 11.4 Å². The molecule has 0 bridgehead atoms. The van der Waals surface area contributed by atoms with Crippen LogP contribution in [0.2, 0.25) is 0 Å². The van der Waals surface area contributed by atoms with Crippen LogP contribution in [-0.2, 0) is 5.41 Å². The molecular weight excluding hydrogens is 597 g/mol. The Labute approximate surface area is 282 Å². The fourth-order valence-corrected chi connectivity index (χ4v) is 8.64. The lowest BCUT2D eigenvalue weighted by molar-refractivity contribution is 0.795. The zero-order valence-electron chi connectivity index (χ0n) is 26.1. The van der Waals surface area contributed by atoms with Gasteiger partial charge in [-0.25, -0.2) is 9.97 Å². The Morgan fingerprint density at radius 3 is 1.27 bits per heavy atom. The van der Waals surface area contributed by atoms with Gasteiger partial charge in [0.25, 0.3) is 0 Å². The molecule has 2 aliphatic carbocycles. The second-order valence-electron chi connectivity index (χ2n) is 12.7. The summed E-state index contributed by atoms with van der Waals surface area (Å²) in [5.74, 6) is 0. The SMILES string of the molecule is N#Cc1cc(-c2cc3c(c4ccccc24)-c2c(cc(-c4ccnc(C#N)c4)c4ccccc24)C32c3ccccc3-c3ccccc32)ccn1. The smallest absolute Gasteiger partial charge is 0.141 e. The molecule has 0 radical (unpaired) electrons. The van der Waals surface area contributed by atoms with Crippen LogP contribution in [0.15, 0.2) is 146 Å². The maximum Gasteiger partial charge on any atom is 0.141 e. The minimum atomic E-state index is -0.619. The van der Waals surface area contributed by atoms with Gasteiger partial charge in [-0.2, -0.15) is 10.5 Å². The number of rotatable bonds is 2. The van der Waals surface area contributed by atoms with Crippen LogP contribution in [0.1, 0.15) is 33.6 Å². The van der Waals surface area contributed by atoms with Gasteiger partial charge in [0.15, 0.2) is 0 Å². The van der Waals surface area contributed by atoms with Gasteiger partial charge < -0.3 is 0 Å². The van der Waals surface area contributed by atoms with E-state index in [1.165, 1.54) is 55.3 Å². The van der Waals surface area contributed by atoms with E-state index in [9.17, 15) is 10.5 Å². The predicted octanol–water partition coefficient (Wildman–Crippen LogP) is 10.2. The molecule has 6 aromatic carbocycles. The second-order valence-corrected chi connectivity index (χ2v) is 12.7. The highest BCUT2D eigenvalue weighted by Gasteiger charge is 2.53. The molecule has 0 saturated heterocycles. The van der Waals surface area contributed by atoms with Crippen molar-refractivity contribution in [3.05, 3.63) is 179 Å². The Morgan fingerprint density at radius 1 is 0.408 bits per heavy atom. The molecule has 4 nitrogen and oxygen atoms in total. The summed E-state index contributed by atoms with van der Waals surface area (Å²) < 4.78 is 0. The first-order valence-electron chi connectivity index (χ1n) is 16.3. The number of hydrogen-bond donors (Lipinski definition) is 0. The average Bonchev–Trinajstić information content (AvgIpc) is 3.65. The zero-order valence-corrected chi connectivity index (χ0v) is 26.1. The van der Waals surface area contributed by atoms with Crippen LogP contribution in [0.3, 0.4) is 0 Å². The van der Waals surface area contributed by atoms with Crippen LogP contribution in [-0.4, -0.2) is 9.97 Å². The first kappa shape index (κ1) is 27.3. The van der Waals surface area contributed by atoms with Gasteiger partial charge in [0.1, 0.15) is 23.5 Å². The summed E-state index contributed by atoms with van der Waals surface area (Å²) >= 11 is 0. The van der Waals surface area contributed by atoms with Crippen LogP contribution >= 0.6 is 0 Å². The van der Waals surface area contributed by atoms with E-state index in [2.05, 4.69) is 131 Å². The molecule has 2 aliphatic rings. The van der Waals surface area contributed by atoms with Crippen molar-refractivity contribution in [1.29, 1.82) is 10.5 Å². The third-order valence-electron chi connectivity index (χ3n) is 10.5. The lowest BCUT2D eigenvalue weighted by Crippen LogP contribution is -2.26. The minimum absolute atomic E-state index is 0.390. The van der Waals surface area contributed by atoms with Crippen molar-refractivity contribution in [1.82, 2.24) is 9.97 Å². The highest BCUT2D eigenvalue weighted by atomic mass is 14.7. The Kier molecular flexibility index (Phi) is 5.59. The van der Waals surface area contributed by atoms with Gasteiger partial charge in [-0.05, 0) is 125 Å². The van der Waals surface area contributed by atoms with E-state index in [-0.39, 0.29) is 0 Å². The van der Waals surface area contributed by atoms with E-state index in [4.69, 9.17) is 0 Å². The summed E-state index contributed by atoms with van der Waals surface area (Å²) in [5, 5.41) is 24.2. The highest BCUT2D eigenvalue weighted by Crippen LogP contribution is 2.66. The number of aromatic nitrogens is 2. The van der Waals surface area contributed by atoms with Gasteiger partial charge in [-0.1, -0.05) is 97.1 Å². The van der Waals surface area contributed by atoms with Crippen LogP contribution in [0, 0.1) is 22.7 Å². The van der Waals surface area contributed by atoms with Gasteiger partial charge in [0.2, 0.25) is 0 Å². The standard InChI is InChI=1S/C45H24N4/c46-25-29-21-27(17-19-48-29)37-23-41-43(35-13-3-1-9-31(35)37)44-36-14-4-2-10-32(36)38(28-18-20-49-30(22-28)26-47)24-42(44)45(41)39-15-7-5-11-33(39)34-12-6-8-16-40(34)45/h1-24H. The van der Waals surface area contributed by atoms with Gasteiger partial charge in [0, 0.05) is 12.4 Å². The molecule has 224 valence electrons. The van der Waals surface area contributed by atoms with E-state index < -0.39 is 5.41 Å². The molecule has 10 rings (SSSR count). The van der Waals surface area contributed by atoms with Crippen molar-refractivity contribution in [2.24, 2.45) is 0 Å². The topological polar surface area (TPSA) is 73.4 Å². The number of hydrogen-bond acceptors (Lipinski definition) is 4.